The van der Waals surface area contributed by atoms with Gasteiger partial charge in [0.25, 0.3) is 0 Å². The SMILES string of the molecule is CS(=O)(=O)N1CCC(c2noc(CNC(=O)CCC3CCCC3)n2)CC1. The fourth-order valence-electron chi connectivity index (χ4n) is 3.85. The summed E-state index contributed by atoms with van der Waals surface area (Å²) >= 11 is 0. The van der Waals surface area contributed by atoms with Crippen LogP contribution in [0.15, 0.2) is 4.52 Å². The monoisotopic (exact) mass is 384 g/mol. The van der Waals surface area contributed by atoms with Gasteiger partial charge in [-0.25, -0.2) is 12.7 Å². The highest BCUT2D eigenvalue weighted by molar-refractivity contribution is 7.88. The molecule has 146 valence electrons. The van der Waals surface area contributed by atoms with Crippen LogP contribution in [-0.2, 0) is 21.4 Å². The molecule has 0 atom stereocenters. The molecule has 0 unspecified atom stereocenters. The molecule has 2 fully saturated rings. The summed E-state index contributed by atoms with van der Waals surface area (Å²) in [6, 6.07) is 0. The van der Waals surface area contributed by atoms with Gasteiger partial charge in [-0.2, -0.15) is 4.98 Å². The zero-order valence-electron chi connectivity index (χ0n) is 15.3. The molecule has 1 aromatic heterocycles. The van der Waals surface area contributed by atoms with E-state index in [0.29, 0.717) is 50.0 Å². The van der Waals surface area contributed by atoms with E-state index >= 15 is 0 Å². The van der Waals surface area contributed by atoms with Gasteiger partial charge in [-0.05, 0) is 25.2 Å². The highest BCUT2D eigenvalue weighted by Gasteiger charge is 2.28. The highest BCUT2D eigenvalue weighted by atomic mass is 32.2. The average Bonchev–Trinajstić information content (AvgIpc) is 3.29. The normalized spacial score (nSPS) is 20.5. The molecule has 2 aliphatic rings. The number of carbonyl (C=O) groups excluding carboxylic acids is 1. The number of hydrogen-bond acceptors (Lipinski definition) is 6. The molecule has 9 heteroatoms. The van der Waals surface area contributed by atoms with E-state index in [4.69, 9.17) is 4.52 Å². The maximum Gasteiger partial charge on any atom is 0.246 e. The lowest BCUT2D eigenvalue weighted by Gasteiger charge is -2.28. The van der Waals surface area contributed by atoms with Crippen LogP contribution < -0.4 is 5.32 Å². The Morgan fingerprint density at radius 3 is 2.58 bits per heavy atom. The number of nitrogens with zero attached hydrogens (tertiary/aromatic N) is 3. The van der Waals surface area contributed by atoms with Crippen molar-refractivity contribution in [1.82, 2.24) is 19.8 Å². The number of sulfonamides is 1. The summed E-state index contributed by atoms with van der Waals surface area (Å²) in [6.07, 6.45) is 9.18. The van der Waals surface area contributed by atoms with Crippen molar-refractivity contribution >= 4 is 15.9 Å². The van der Waals surface area contributed by atoms with Gasteiger partial charge in [0.2, 0.25) is 21.8 Å². The maximum atomic E-state index is 11.9. The predicted octanol–water partition coefficient (Wildman–Crippen LogP) is 1.80. The molecule has 1 aliphatic heterocycles. The minimum atomic E-state index is -3.13. The number of rotatable bonds is 7. The van der Waals surface area contributed by atoms with Crippen molar-refractivity contribution in [3.8, 4) is 0 Å². The predicted molar refractivity (Wildman–Crippen MR) is 95.7 cm³/mol. The van der Waals surface area contributed by atoms with Gasteiger partial charge in [0, 0.05) is 25.4 Å². The fraction of sp³-hybridized carbons (Fsp3) is 0.824. The van der Waals surface area contributed by atoms with Crippen molar-refractivity contribution < 1.29 is 17.7 Å². The van der Waals surface area contributed by atoms with Gasteiger partial charge >= 0.3 is 0 Å². The van der Waals surface area contributed by atoms with Crippen LogP contribution in [0, 0.1) is 5.92 Å². The Morgan fingerprint density at radius 2 is 1.92 bits per heavy atom. The van der Waals surface area contributed by atoms with E-state index < -0.39 is 10.0 Å². The summed E-state index contributed by atoms with van der Waals surface area (Å²) < 4.78 is 29.8. The average molecular weight is 385 g/mol. The first kappa shape index (κ1) is 19.3. The van der Waals surface area contributed by atoms with Crippen LogP contribution in [0.2, 0.25) is 0 Å². The first-order valence-corrected chi connectivity index (χ1v) is 11.3. The topological polar surface area (TPSA) is 105 Å². The van der Waals surface area contributed by atoms with Gasteiger partial charge in [-0.1, -0.05) is 30.8 Å². The molecule has 0 bridgehead atoms. The van der Waals surface area contributed by atoms with Crippen molar-refractivity contribution in [2.75, 3.05) is 19.3 Å². The van der Waals surface area contributed by atoms with Crippen LogP contribution >= 0.6 is 0 Å². The van der Waals surface area contributed by atoms with Gasteiger partial charge in [0.05, 0.1) is 12.8 Å². The summed E-state index contributed by atoms with van der Waals surface area (Å²) in [4.78, 5) is 16.3. The van der Waals surface area contributed by atoms with Gasteiger partial charge < -0.3 is 9.84 Å². The second-order valence-electron chi connectivity index (χ2n) is 7.45. The van der Waals surface area contributed by atoms with Crippen molar-refractivity contribution in [2.24, 2.45) is 5.92 Å². The Labute approximate surface area is 154 Å². The van der Waals surface area contributed by atoms with E-state index in [9.17, 15) is 13.2 Å². The van der Waals surface area contributed by atoms with Crippen LogP contribution in [0.1, 0.15) is 69.0 Å². The van der Waals surface area contributed by atoms with Crippen molar-refractivity contribution in [3.05, 3.63) is 11.7 Å². The summed E-state index contributed by atoms with van der Waals surface area (Å²) in [5, 5.41) is 6.85. The number of hydrogen-bond donors (Lipinski definition) is 1. The number of aromatic nitrogens is 2. The lowest BCUT2D eigenvalue weighted by molar-refractivity contribution is -0.121. The van der Waals surface area contributed by atoms with Crippen LogP contribution in [0.5, 0.6) is 0 Å². The molecule has 3 rings (SSSR count). The minimum absolute atomic E-state index is 0.0260. The summed E-state index contributed by atoms with van der Waals surface area (Å²) in [6.45, 7) is 1.20. The molecular formula is C17H28N4O4S. The zero-order chi connectivity index (χ0) is 18.6. The minimum Gasteiger partial charge on any atom is -0.347 e. The fourth-order valence-corrected chi connectivity index (χ4v) is 4.72. The lowest BCUT2D eigenvalue weighted by Crippen LogP contribution is -2.37. The largest absolute Gasteiger partial charge is 0.347 e. The Bertz CT molecular complexity index is 704. The Kier molecular flexibility index (Phi) is 6.29. The number of nitrogens with one attached hydrogen (secondary N) is 1. The van der Waals surface area contributed by atoms with Crippen LogP contribution in [-0.4, -0.2) is 48.1 Å². The standard InChI is InChI=1S/C17H28N4O4S/c1-26(23,24)21-10-8-14(9-11-21)17-19-16(25-20-17)12-18-15(22)7-6-13-4-2-3-5-13/h13-14H,2-12H2,1H3,(H,18,22). The molecule has 8 nitrogen and oxygen atoms in total. The Balaban J connectivity index is 1.41. The van der Waals surface area contributed by atoms with Crippen molar-refractivity contribution in [1.29, 1.82) is 0 Å². The zero-order valence-corrected chi connectivity index (χ0v) is 16.1. The van der Waals surface area contributed by atoms with Gasteiger partial charge in [-0.3, -0.25) is 4.79 Å². The molecule has 0 radical (unpaired) electrons. The third kappa shape index (κ3) is 5.26. The molecule has 1 saturated carbocycles. The van der Waals surface area contributed by atoms with Crippen molar-refractivity contribution in [3.63, 3.8) is 0 Å². The first-order chi connectivity index (χ1) is 12.4. The molecule has 1 aliphatic carbocycles. The second kappa shape index (κ2) is 8.47. The molecular weight excluding hydrogens is 356 g/mol. The quantitative estimate of drug-likeness (QED) is 0.768. The van der Waals surface area contributed by atoms with Crippen LogP contribution in [0.3, 0.4) is 0 Å². The summed E-state index contributed by atoms with van der Waals surface area (Å²) in [5.74, 6) is 1.84. The number of amides is 1. The van der Waals surface area contributed by atoms with Crippen molar-refractivity contribution in [2.45, 2.75) is 63.8 Å². The third-order valence-electron chi connectivity index (χ3n) is 5.46. The molecule has 26 heavy (non-hydrogen) atoms. The van der Waals surface area contributed by atoms with Gasteiger partial charge in [0.15, 0.2) is 5.82 Å². The molecule has 0 spiro atoms. The van der Waals surface area contributed by atoms with E-state index in [1.807, 2.05) is 0 Å². The number of carbonyl (C=O) groups is 1. The highest BCUT2D eigenvalue weighted by Crippen LogP contribution is 2.28. The Hall–Kier alpha value is -1.48. The molecule has 1 amide bonds. The van der Waals surface area contributed by atoms with E-state index in [1.54, 1.807) is 0 Å². The van der Waals surface area contributed by atoms with Crippen LogP contribution in [0.25, 0.3) is 0 Å². The summed E-state index contributed by atoms with van der Waals surface area (Å²) in [5.41, 5.74) is 0. The molecule has 0 aromatic carbocycles. The van der Waals surface area contributed by atoms with Crippen LogP contribution in [0.4, 0.5) is 0 Å². The van der Waals surface area contributed by atoms with E-state index in [0.717, 1.165) is 6.42 Å². The molecule has 1 aromatic rings. The molecule has 1 N–H and O–H groups in total. The van der Waals surface area contributed by atoms with Gasteiger partial charge in [0.1, 0.15) is 0 Å². The number of piperidine rings is 1. The van der Waals surface area contributed by atoms with Gasteiger partial charge in [-0.15, -0.1) is 0 Å². The molecule has 2 heterocycles. The molecule has 1 saturated heterocycles. The Morgan fingerprint density at radius 1 is 1.23 bits per heavy atom. The maximum absolute atomic E-state index is 11.9. The smallest absolute Gasteiger partial charge is 0.246 e. The van der Waals surface area contributed by atoms with E-state index in [1.165, 1.54) is 36.2 Å². The summed E-state index contributed by atoms with van der Waals surface area (Å²) in [7, 11) is -3.13. The lowest BCUT2D eigenvalue weighted by atomic mass is 9.98. The first-order valence-electron chi connectivity index (χ1n) is 9.46. The third-order valence-corrected chi connectivity index (χ3v) is 6.77. The van der Waals surface area contributed by atoms with E-state index in [-0.39, 0.29) is 18.4 Å². The van der Waals surface area contributed by atoms with E-state index in [2.05, 4.69) is 15.5 Å². The second-order valence-corrected chi connectivity index (χ2v) is 9.43.